The highest BCUT2D eigenvalue weighted by Crippen LogP contribution is 2.29. The maximum Gasteiger partial charge on any atom is 0.434 e. The summed E-state index contributed by atoms with van der Waals surface area (Å²) in [5.41, 5.74) is 5.80. The van der Waals surface area contributed by atoms with Gasteiger partial charge in [0.15, 0.2) is 23.4 Å². The van der Waals surface area contributed by atoms with Crippen LogP contribution in [0.3, 0.4) is 0 Å². The minimum atomic E-state index is -4.57. The zero-order chi connectivity index (χ0) is 21.3. The number of anilines is 1. The number of nitrogens with zero attached hydrogens (tertiary/aromatic N) is 6. The van der Waals surface area contributed by atoms with Crippen molar-refractivity contribution in [1.82, 2.24) is 24.3 Å². The van der Waals surface area contributed by atoms with Crippen LogP contribution in [0.4, 0.5) is 19.0 Å². The molecule has 1 atom stereocenters. The fourth-order valence-corrected chi connectivity index (χ4v) is 3.18. The number of nitrogens with two attached hydrogens (primary N) is 2. The van der Waals surface area contributed by atoms with E-state index in [4.69, 9.17) is 15.9 Å². The molecule has 0 saturated carbocycles. The molecule has 4 rings (SSSR count). The molecule has 0 amide bonds. The lowest BCUT2D eigenvalue weighted by atomic mass is 10.1. The third-order valence-corrected chi connectivity index (χ3v) is 4.70. The van der Waals surface area contributed by atoms with E-state index in [0.717, 1.165) is 12.4 Å². The van der Waals surface area contributed by atoms with E-state index >= 15 is 0 Å². The number of aromatic nitrogens is 5. The van der Waals surface area contributed by atoms with Crippen molar-refractivity contribution < 1.29 is 23.3 Å². The highest BCUT2D eigenvalue weighted by atomic mass is 19.4. The number of hydrogen-bond donors (Lipinski definition) is 2. The van der Waals surface area contributed by atoms with E-state index in [2.05, 4.69) is 19.9 Å². The monoisotopic (exact) mass is 419 g/mol. The van der Waals surface area contributed by atoms with E-state index in [1.165, 1.54) is 23.0 Å². The molecule has 4 heterocycles. The molecule has 1 unspecified atom stereocenters. The second-order valence-electron chi connectivity index (χ2n) is 6.52. The molecule has 0 bridgehead atoms. The molecule has 3 aromatic rings. The molecule has 0 aromatic carbocycles. The molecule has 9 nitrogen and oxygen atoms in total. The van der Waals surface area contributed by atoms with Gasteiger partial charge in [-0.2, -0.15) is 13.2 Å². The van der Waals surface area contributed by atoms with E-state index in [1.54, 1.807) is 12.3 Å². The second-order valence-corrected chi connectivity index (χ2v) is 6.52. The van der Waals surface area contributed by atoms with Gasteiger partial charge in [0.2, 0.25) is 0 Å². The van der Waals surface area contributed by atoms with Gasteiger partial charge in [-0.1, -0.05) is 0 Å². The van der Waals surface area contributed by atoms with Crippen molar-refractivity contribution in [3.63, 3.8) is 0 Å². The summed E-state index contributed by atoms with van der Waals surface area (Å²) < 4.78 is 46.1. The Bertz CT molecular complexity index is 1110. The van der Waals surface area contributed by atoms with Gasteiger partial charge in [-0.15, -0.1) is 0 Å². The molecule has 0 radical (unpaired) electrons. The van der Waals surface area contributed by atoms with Gasteiger partial charge in [-0.05, 0) is 6.07 Å². The second kappa shape index (κ2) is 7.71. The summed E-state index contributed by atoms with van der Waals surface area (Å²) in [6.07, 6.45) is 2.80. The number of halogens is 3. The number of ether oxygens (including phenoxy) is 1. The lowest BCUT2D eigenvalue weighted by molar-refractivity contribution is -0.141. The minimum absolute atomic E-state index is 0.238. The van der Waals surface area contributed by atoms with Crippen LogP contribution in [0.25, 0.3) is 17.2 Å². The Morgan fingerprint density at radius 2 is 2.10 bits per heavy atom. The Balaban J connectivity index is 1.68. The van der Waals surface area contributed by atoms with E-state index in [0.29, 0.717) is 36.8 Å². The summed E-state index contributed by atoms with van der Waals surface area (Å²) in [6.45, 7) is 1.47. The van der Waals surface area contributed by atoms with Crippen LogP contribution in [0.1, 0.15) is 5.69 Å². The summed E-state index contributed by atoms with van der Waals surface area (Å²) in [4.78, 5) is 18.2. The molecule has 0 spiro atoms. The largest absolute Gasteiger partial charge is 0.434 e. The summed E-state index contributed by atoms with van der Waals surface area (Å²) in [5.74, 6) is 0.837. The first kappa shape index (κ1) is 19.8. The Morgan fingerprint density at radius 1 is 1.27 bits per heavy atom. The van der Waals surface area contributed by atoms with Crippen LogP contribution in [0.2, 0.25) is 0 Å². The highest BCUT2D eigenvalue weighted by molar-refractivity contribution is 5.75. The summed E-state index contributed by atoms with van der Waals surface area (Å²) >= 11 is 0. The molecule has 1 aliphatic rings. The van der Waals surface area contributed by atoms with Gasteiger partial charge < -0.3 is 15.4 Å². The van der Waals surface area contributed by atoms with Crippen molar-refractivity contribution in [3.05, 3.63) is 48.3 Å². The lowest BCUT2D eigenvalue weighted by Crippen LogP contribution is -2.46. The first-order valence-corrected chi connectivity index (χ1v) is 8.97. The maximum atomic E-state index is 13.1. The molecule has 3 aromatic heterocycles. The van der Waals surface area contributed by atoms with E-state index in [1.807, 2.05) is 4.90 Å². The molecular weight excluding hydrogens is 401 g/mol. The van der Waals surface area contributed by atoms with Crippen LogP contribution in [0.15, 0.2) is 42.6 Å². The summed E-state index contributed by atoms with van der Waals surface area (Å²) in [6, 6.07) is 1.72. The number of morpholine rings is 1. The molecule has 4 N–H and O–H groups in total. The fourth-order valence-electron chi connectivity index (χ4n) is 3.18. The first-order valence-electron chi connectivity index (χ1n) is 8.97. The number of rotatable bonds is 4. The lowest BCUT2D eigenvalue weighted by Gasteiger charge is -2.33. The standard InChI is InChI=1S/C18H17F3N8O/c19-18(20,21)14-10-29-12(7-26-16(29)8-25-14)17-24-2-1-15(27-17)28-3-4-30-13(9-28)11(5-22)6-23/h1-2,5-8,10,13,22H,3-4,9,23H2/p+1/b11-6+,22-5?. The van der Waals surface area contributed by atoms with Crippen molar-refractivity contribution in [2.24, 2.45) is 5.73 Å². The number of imidazole rings is 1. The van der Waals surface area contributed by atoms with E-state index < -0.39 is 11.9 Å². The highest BCUT2D eigenvalue weighted by Gasteiger charge is 2.33. The molecule has 12 heteroatoms. The molecule has 1 aliphatic heterocycles. The molecule has 1 fully saturated rings. The zero-order valence-electron chi connectivity index (χ0n) is 15.6. The zero-order valence-corrected chi connectivity index (χ0v) is 15.6. The number of hydrogen-bond acceptors (Lipinski definition) is 7. The van der Waals surface area contributed by atoms with Crippen molar-refractivity contribution in [2.75, 3.05) is 24.6 Å². The normalized spacial score (nSPS) is 18.0. The smallest absolute Gasteiger partial charge is 0.404 e. The topological polar surface area (TPSA) is 120 Å². The minimum Gasteiger partial charge on any atom is -0.404 e. The summed E-state index contributed by atoms with van der Waals surface area (Å²) in [5, 5.41) is 5.59. The van der Waals surface area contributed by atoms with Gasteiger partial charge in [-0.3, -0.25) is 9.81 Å². The molecular formula is C18H18F3N8O+. The average Bonchev–Trinajstić information content (AvgIpc) is 3.18. The van der Waals surface area contributed by atoms with Crippen LogP contribution >= 0.6 is 0 Å². The Kier molecular flexibility index (Phi) is 5.08. The summed E-state index contributed by atoms with van der Waals surface area (Å²) in [7, 11) is 0. The van der Waals surface area contributed by atoms with Crippen molar-refractivity contribution in [3.8, 4) is 11.5 Å². The third kappa shape index (κ3) is 3.68. The van der Waals surface area contributed by atoms with Gasteiger partial charge in [-0.25, -0.2) is 19.9 Å². The molecule has 1 saturated heterocycles. The molecule has 30 heavy (non-hydrogen) atoms. The molecule has 0 aliphatic carbocycles. The van der Waals surface area contributed by atoms with Crippen LogP contribution < -0.4 is 16.0 Å². The fraction of sp³-hybridized carbons (Fsp3) is 0.278. The van der Waals surface area contributed by atoms with Gasteiger partial charge >= 0.3 is 6.18 Å². The number of fused-ring (bicyclic) bond motifs is 1. The van der Waals surface area contributed by atoms with Crippen molar-refractivity contribution in [2.45, 2.75) is 12.3 Å². The molecule has 156 valence electrons. The quantitative estimate of drug-likeness (QED) is 0.575. The number of alkyl halides is 3. The van der Waals surface area contributed by atoms with Crippen molar-refractivity contribution >= 4 is 17.7 Å². The van der Waals surface area contributed by atoms with Gasteiger partial charge in [0, 0.05) is 25.1 Å². The van der Waals surface area contributed by atoms with Crippen LogP contribution in [0.5, 0.6) is 0 Å². The Hall–Kier alpha value is -3.54. The predicted molar refractivity (Wildman–Crippen MR) is 101 cm³/mol. The van der Waals surface area contributed by atoms with Crippen molar-refractivity contribution in [1.29, 1.82) is 0 Å². The first-order chi connectivity index (χ1) is 14.4. The maximum absolute atomic E-state index is 13.1. The predicted octanol–water partition coefficient (Wildman–Crippen LogP) is 0.0828. The third-order valence-electron chi connectivity index (χ3n) is 4.70. The van der Waals surface area contributed by atoms with Gasteiger partial charge in [0.05, 0.1) is 31.1 Å². The van der Waals surface area contributed by atoms with Crippen LogP contribution in [0, 0.1) is 0 Å². The Morgan fingerprint density at radius 3 is 2.83 bits per heavy atom. The van der Waals surface area contributed by atoms with E-state index in [-0.39, 0.29) is 17.6 Å². The van der Waals surface area contributed by atoms with Crippen LogP contribution in [-0.4, -0.2) is 56.4 Å². The van der Waals surface area contributed by atoms with Gasteiger partial charge in [0.1, 0.15) is 17.6 Å². The van der Waals surface area contributed by atoms with Crippen LogP contribution in [-0.2, 0) is 10.9 Å². The average molecular weight is 419 g/mol. The van der Waals surface area contributed by atoms with Gasteiger partial charge in [0.25, 0.3) is 0 Å². The SMILES string of the molecule is N/C=C(\C=[NH2+])C1CN(c2ccnc(-c3cnc4cnc(C(F)(F)F)cn34)n2)CCO1. The van der Waals surface area contributed by atoms with E-state index in [9.17, 15) is 13.2 Å². The Labute approximate surface area is 168 Å².